The van der Waals surface area contributed by atoms with Crippen molar-refractivity contribution in [1.82, 2.24) is 0 Å². The van der Waals surface area contributed by atoms with Crippen molar-refractivity contribution < 1.29 is 7.87 Å². The number of unbranched alkanes of at least 4 members (excludes halogenated alkanes) is 15. The molecule has 0 aromatic rings. The van der Waals surface area contributed by atoms with E-state index in [9.17, 15) is 4.79 Å². The van der Waals surface area contributed by atoms with Gasteiger partial charge in [-0.05, 0) is 0 Å². The van der Waals surface area contributed by atoms with Crippen LogP contribution >= 0.6 is 0 Å². The molecule has 0 aliphatic heterocycles. The van der Waals surface area contributed by atoms with Gasteiger partial charge >= 0.3 is 201 Å². The van der Waals surface area contributed by atoms with Crippen LogP contribution in [0.3, 0.4) is 0 Å². The number of hydrogen-bond donors (Lipinski definition) is 0. The van der Waals surface area contributed by atoms with E-state index in [-0.39, 0.29) is 5.97 Å². The van der Waals surface area contributed by atoms with Gasteiger partial charge in [-0.25, -0.2) is 0 Å². The first-order valence-corrected chi connectivity index (χ1v) is 21.1. The number of carbonyl (C=O) groups excluding carboxylic acids is 1. The summed E-state index contributed by atoms with van der Waals surface area (Å²) < 4.78 is 10.2. The maximum atomic E-state index is 12.6. The number of rotatable bonds is 23. The number of carbonyl (C=O) groups is 1. The van der Waals surface area contributed by atoms with Gasteiger partial charge in [-0.15, -0.1) is 0 Å². The Hall–Kier alpha value is 0.00870. The summed E-state index contributed by atoms with van der Waals surface area (Å²) in [6.07, 6.45) is 23.9. The van der Waals surface area contributed by atoms with Gasteiger partial charge in [0.05, 0.1) is 0 Å². The molecule has 0 fully saturated rings. The predicted octanol–water partition coefficient (Wildman–Crippen LogP) is 10.1. The molecule has 0 saturated carbocycles. The SMILES string of the molecule is C=C(C)C(=O)[O][Sn]([CH2]CCCCCCC)([CH2]CCCCCCC)[CH2]CCCCCCC. The van der Waals surface area contributed by atoms with Crippen LogP contribution in [0, 0.1) is 0 Å². The molecule has 0 bridgehead atoms. The van der Waals surface area contributed by atoms with E-state index in [0.717, 1.165) is 0 Å². The second-order valence-corrected chi connectivity index (χ2v) is 21.5. The average Bonchev–Trinajstić information content (AvgIpc) is 2.75. The molecule has 0 aromatic carbocycles. The molecule has 0 unspecified atom stereocenters. The third-order valence-electron chi connectivity index (χ3n) is 6.62. The van der Waals surface area contributed by atoms with Crippen LogP contribution < -0.4 is 0 Å². The molecule has 0 spiro atoms. The van der Waals surface area contributed by atoms with Crippen LogP contribution in [0.2, 0.25) is 13.3 Å². The Kier molecular flexibility index (Phi) is 21.8. The van der Waals surface area contributed by atoms with Gasteiger partial charge in [0.25, 0.3) is 0 Å². The first kappa shape index (κ1) is 31.0. The summed E-state index contributed by atoms with van der Waals surface area (Å²) in [7, 11) is 0. The standard InChI is InChI=1S/3C8H17.C4H6O2.Sn/c3*1-3-5-7-8-6-4-2;1-3(2)4(5)6;/h3*1,3-8H2,2H3;1H2,2H3,(H,5,6);/q;;;;+1/p-1. The van der Waals surface area contributed by atoms with E-state index in [1.54, 1.807) is 0 Å². The molecule has 0 aliphatic carbocycles. The van der Waals surface area contributed by atoms with Crippen LogP contribution in [-0.2, 0) is 7.87 Å². The Balaban J connectivity index is 4.88. The van der Waals surface area contributed by atoms with Gasteiger partial charge in [-0.1, -0.05) is 0 Å². The van der Waals surface area contributed by atoms with Crippen molar-refractivity contribution in [3.8, 4) is 0 Å². The molecule has 0 heterocycles. The third-order valence-corrected chi connectivity index (χ3v) is 19.2. The molecule has 0 atom stereocenters. The molecule has 0 radical (unpaired) electrons. The van der Waals surface area contributed by atoms with Crippen molar-refractivity contribution in [3.63, 3.8) is 0 Å². The fourth-order valence-electron chi connectivity index (χ4n) is 4.49. The topological polar surface area (TPSA) is 26.3 Å². The molecular weight excluding hydrogens is 487 g/mol. The molecule has 2 nitrogen and oxygen atoms in total. The van der Waals surface area contributed by atoms with Gasteiger partial charge in [0.1, 0.15) is 0 Å². The summed E-state index contributed by atoms with van der Waals surface area (Å²) in [5, 5.41) is 0. The molecule has 0 saturated heterocycles. The summed E-state index contributed by atoms with van der Waals surface area (Å²) in [5.41, 5.74) is 0.593. The van der Waals surface area contributed by atoms with Gasteiger partial charge in [-0.3, -0.25) is 0 Å². The van der Waals surface area contributed by atoms with Gasteiger partial charge < -0.3 is 0 Å². The fraction of sp³-hybridized carbons (Fsp3) is 0.893. The van der Waals surface area contributed by atoms with Crippen LogP contribution in [0.4, 0.5) is 0 Å². The molecule has 0 amide bonds. The first-order chi connectivity index (χ1) is 15.0. The van der Waals surface area contributed by atoms with E-state index < -0.39 is 18.8 Å². The van der Waals surface area contributed by atoms with E-state index >= 15 is 0 Å². The normalized spacial score (nSPS) is 11.6. The zero-order valence-corrected chi connectivity index (χ0v) is 24.7. The monoisotopic (exact) mass is 544 g/mol. The van der Waals surface area contributed by atoms with Crippen LogP contribution in [0.1, 0.15) is 143 Å². The Morgan fingerprint density at radius 3 is 1.16 bits per heavy atom. The van der Waals surface area contributed by atoms with Gasteiger partial charge in [-0.2, -0.15) is 0 Å². The molecule has 0 aromatic heterocycles. The zero-order chi connectivity index (χ0) is 23.2. The van der Waals surface area contributed by atoms with Gasteiger partial charge in [0, 0.05) is 0 Å². The molecule has 0 aliphatic rings. The average molecular weight is 543 g/mol. The van der Waals surface area contributed by atoms with Crippen LogP contribution in [0.25, 0.3) is 0 Å². The third kappa shape index (κ3) is 18.2. The summed E-state index contributed by atoms with van der Waals surface area (Å²) in [6, 6.07) is 0. The van der Waals surface area contributed by atoms with Crippen molar-refractivity contribution in [2.45, 2.75) is 157 Å². The summed E-state index contributed by atoms with van der Waals surface area (Å²) >= 11 is -2.94. The Morgan fingerprint density at radius 1 is 0.581 bits per heavy atom. The minimum atomic E-state index is -2.94. The van der Waals surface area contributed by atoms with Crippen molar-refractivity contribution >= 4 is 24.8 Å². The fourth-order valence-corrected chi connectivity index (χ4v) is 16.8. The van der Waals surface area contributed by atoms with E-state index in [1.807, 2.05) is 6.92 Å². The van der Waals surface area contributed by atoms with Gasteiger partial charge in [0.15, 0.2) is 0 Å². The van der Waals surface area contributed by atoms with E-state index in [2.05, 4.69) is 27.4 Å². The van der Waals surface area contributed by atoms with E-state index in [1.165, 1.54) is 129 Å². The molecule has 184 valence electrons. The van der Waals surface area contributed by atoms with E-state index in [4.69, 9.17) is 3.07 Å². The van der Waals surface area contributed by atoms with Gasteiger partial charge in [0.2, 0.25) is 0 Å². The summed E-state index contributed by atoms with van der Waals surface area (Å²) in [6.45, 7) is 12.5. The summed E-state index contributed by atoms with van der Waals surface area (Å²) in [5.74, 6) is -0.0845. The molecular formula is C28H56O2Sn. The quantitative estimate of drug-likeness (QED) is 0.0728. The molecule has 0 rings (SSSR count). The maximum absolute atomic E-state index is 12.6. The molecule has 0 N–H and O–H groups in total. The van der Waals surface area contributed by atoms with Crippen molar-refractivity contribution in [2.24, 2.45) is 0 Å². The predicted molar refractivity (Wildman–Crippen MR) is 141 cm³/mol. The minimum absolute atomic E-state index is 0.0845. The second kappa shape index (κ2) is 21.8. The van der Waals surface area contributed by atoms with Crippen LogP contribution in [0.5, 0.6) is 0 Å². The van der Waals surface area contributed by atoms with Crippen molar-refractivity contribution in [2.75, 3.05) is 0 Å². The first-order valence-electron chi connectivity index (χ1n) is 13.9. The Morgan fingerprint density at radius 2 is 0.871 bits per heavy atom. The second-order valence-electron chi connectivity index (χ2n) is 9.91. The van der Waals surface area contributed by atoms with Crippen LogP contribution in [0.15, 0.2) is 12.2 Å². The summed E-state index contributed by atoms with van der Waals surface area (Å²) in [4.78, 5) is 12.6. The zero-order valence-electron chi connectivity index (χ0n) is 21.9. The number of hydrogen-bond acceptors (Lipinski definition) is 2. The molecule has 31 heavy (non-hydrogen) atoms. The Bertz CT molecular complexity index is 392. The van der Waals surface area contributed by atoms with E-state index in [0.29, 0.717) is 5.57 Å². The van der Waals surface area contributed by atoms with Crippen molar-refractivity contribution in [1.29, 1.82) is 0 Å². The van der Waals surface area contributed by atoms with Crippen molar-refractivity contribution in [3.05, 3.63) is 12.2 Å². The Labute approximate surface area is 200 Å². The molecule has 3 heteroatoms. The van der Waals surface area contributed by atoms with Crippen LogP contribution in [-0.4, -0.2) is 24.8 Å².